The molecule has 120 valence electrons. The number of pyridine rings is 1. The molecule has 6 heteroatoms. The fourth-order valence-corrected chi connectivity index (χ4v) is 2.68. The van der Waals surface area contributed by atoms with Gasteiger partial charge in [0.25, 0.3) is 5.91 Å². The maximum absolute atomic E-state index is 11.7. The van der Waals surface area contributed by atoms with E-state index >= 15 is 0 Å². The van der Waals surface area contributed by atoms with Gasteiger partial charge in [-0.15, -0.1) is 0 Å². The molecule has 2 rings (SSSR count). The number of nitrogens with one attached hydrogen (secondary N) is 2. The maximum atomic E-state index is 11.7. The monoisotopic (exact) mass is 304 g/mol. The number of hydrogen-bond donors (Lipinski definition) is 2. The first-order valence-corrected chi connectivity index (χ1v) is 7.87. The van der Waals surface area contributed by atoms with Crippen molar-refractivity contribution in [3.63, 3.8) is 0 Å². The van der Waals surface area contributed by atoms with Gasteiger partial charge in [0, 0.05) is 32.6 Å². The Balaban J connectivity index is 2.03. The van der Waals surface area contributed by atoms with Crippen molar-refractivity contribution in [3.8, 4) is 0 Å². The Bertz CT molecular complexity index is 533. The van der Waals surface area contributed by atoms with Crippen LogP contribution in [0.2, 0.25) is 0 Å². The fraction of sp³-hybridized carbons (Fsp3) is 0.562. The molecule has 1 saturated heterocycles. The SMILES string of the molecule is CCCC(=O)NC1CCCN(c2cccc(C(=O)NC)n2)C1. The van der Waals surface area contributed by atoms with Gasteiger partial charge < -0.3 is 15.5 Å². The van der Waals surface area contributed by atoms with Crippen molar-refractivity contribution in [1.29, 1.82) is 0 Å². The molecule has 1 unspecified atom stereocenters. The van der Waals surface area contributed by atoms with Gasteiger partial charge in [-0.05, 0) is 31.4 Å². The van der Waals surface area contributed by atoms with E-state index in [1.165, 1.54) is 0 Å². The van der Waals surface area contributed by atoms with Gasteiger partial charge in [-0.3, -0.25) is 9.59 Å². The molecule has 0 saturated carbocycles. The predicted octanol–water partition coefficient (Wildman–Crippen LogP) is 1.33. The number of nitrogens with zero attached hydrogens (tertiary/aromatic N) is 2. The highest BCUT2D eigenvalue weighted by molar-refractivity contribution is 5.92. The van der Waals surface area contributed by atoms with Crippen molar-refractivity contribution in [2.45, 2.75) is 38.6 Å². The van der Waals surface area contributed by atoms with Crippen LogP contribution in [-0.4, -0.2) is 43.0 Å². The molecule has 1 aliphatic rings. The van der Waals surface area contributed by atoms with Crippen LogP contribution in [-0.2, 0) is 4.79 Å². The molecule has 1 atom stereocenters. The number of piperidine rings is 1. The summed E-state index contributed by atoms with van der Waals surface area (Å²) in [5.41, 5.74) is 0.414. The minimum absolute atomic E-state index is 0.112. The third-order valence-corrected chi connectivity index (χ3v) is 3.78. The molecule has 2 amide bonds. The van der Waals surface area contributed by atoms with Crippen LogP contribution < -0.4 is 15.5 Å². The zero-order valence-corrected chi connectivity index (χ0v) is 13.3. The van der Waals surface area contributed by atoms with Crippen LogP contribution in [0, 0.1) is 0 Å². The van der Waals surface area contributed by atoms with E-state index in [9.17, 15) is 9.59 Å². The van der Waals surface area contributed by atoms with E-state index in [0.29, 0.717) is 12.1 Å². The van der Waals surface area contributed by atoms with Gasteiger partial charge in [-0.1, -0.05) is 13.0 Å². The molecule has 0 spiro atoms. The summed E-state index contributed by atoms with van der Waals surface area (Å²) >= 11 is 0. The Kier molecular flexibility index (Phi) is 5.75. The smallest absolute Gasteiger partial charge is 0.269 e. The molecule has 22 heavy (non-hydrogen) atoms. The second-order valence-electron chi connectivity index (χ2n) is 5.56. The maximum Gasteiger partial charge on any atom is 0.269 e. The second-order valence-corrected chi connectivity index (χ2v) is 5.56. The molecular formula is C16H24N4O2. The lowest BCUT2D eigenvalue weighted by molar-refractivity contribution is -0.121. The van der Waals surface area contributed by atoms with Gasteiger partial charge in [0.05, 0.1) is 0 Å². The highest BCUT2D eigenvalue weighted by Gasteiger charge is 2.22. The molecular weight excluding hydrogens is 280 g/mol. The molecule has 2 N–H and O–H groups in total. The van der Waals surface area contributed by atoms with Crippen LogP contribution in [0.5, 0.6) is 0 Å². The van der Waals surface area contributed by atoms with Crippen molar-refractivity contribution >= 4 is 17.6 Å². The Labute approximate surface area is 131 Å². The number of carbonyl (C=O) groups excluding carboxylic acids is 2. The quantitative estimate of drug-likeness (QED) is 0.860. The first kappa shape index (κ1) is 16.3. The topological polar surface area (TPSA) is 74.3 Å². The number of aromatic nitrogens is 1. The van der Waals surface area contributed by atoms with Crippen LogP contribution in [0.4, 0.5) is 5.82 Å². The highest BCUT2D eigenvalue weighted by atomic mass is 16.2. The van der Waals surface area contributed by atoms with Gasteiger partial charge in [0.2, 0.25) is 5.91 Å². The molecule has 0 aliphatic carbocycles. The van der Waals surface area contributed by atoms with Crippen molar-refractivity contribution in [2.24, 2.45) is 0 Å². The van der Waals surface area contributed by atoms with E-state index in [-0.39, 0.29) is 17.9 Å². The average Bonchev–Trinajstić information content (AvgIpc) is 2.54. The molecule has 1 aromatic heterocycles. The largest absolute Gasteiger partial charge is 0.355 e. The first-order valence-electron chi connectivity index (χ1n) is 7.87. The Morgan fingerprint density at radius 2 is 2.23 bits per heavy atom. The molecule has 0 bridgehead atoms. The van der Waals surface area contributed by atoms with E-state index in [1.807, 2.05) is 19.1 Å². The highest BCUT2D eigenvalue weighted by Crippen LogP contribution is 2.18. The van der Waals surface area contributed by atoms with Gasteiger partial charge in [-0.25, -0.2) is 4.98 Å². The number of rotatable bonds is 5. The number of anilines is 1. The lowest BCUT2D eigenvalue weighted by Crippen LogP contribution is -2.48. The lowest BCUT2D eigenvalue weighted by Gasteiger charge is -2.34. The average molecular weight is 304 g/mol. The van der Waals surface area contributed by atoms with Crippen LogP contribution in [0.15, 0.2) is 18.2 Å². The van der Waals surface area contributed by atoms with Crippen LogP contribution in [0.1, 0.15) is 43.1 Å². The van der Waals surface area contributed by atoms with Gasteiger partial charge in [0.1, 0.15) is 11.5 Å². The van der Waals surface area contributed by atoms with Crippen LogP contribution in [0.25, 0.3) is 0 Å². The summed E-state index contributed by atoms with van der Waals surface area (Å²) in [5.74, 6) is 0.712. The van der Waals surface area contributed by atoms with Crippen molar-refractivity contribution in [1.82, 2.24) is 15.6 Å². The lowest BCUT2D eigenvalue weighted by atomic mass is 10.1. The molecule has 1 aliphatic heterocycles. The Morgan fingerprint density at radius 1 is 1.41 bits per heavy atom. The summed E-state index contributed by atoms with van der Waals surface area (Å²) in [6.45, 7) is 3.63. The zero-order chi connectivity index (χ0) is 15.9. The second kappa shape index (κ2) is 7.77. The van der Waals surface area contributed by atoms with E-state index in [4.69, 9.17) is 0 Å². The number of hydrogen-bond acceptors (Lipinski definition) is 4. The van der Waals surface area contributed by atoms with Crippen molar-refractivity contribution in [3.05, 3.63) is 23.9 Å². The minimum Gasteiger partial charge on any atom is -0.355 e. The number of carbonyl (C=O) groups is 2. The zero-order valence-electron chi connectivity index (χ0n) is 13.3. The Hall–Kier alpha value is -2.11. The summed E-state index contributed by atoms with van der Waals surface area (Å²) in [5, 5.41) is 5.66. The summed E-state index contributed by atoms with van der Waals surface area (Å²) in [7, 11) is 1.59. The fourth-order valence-electron chi connectivity index (χ4n) is 2.68. The van der Waals surface area contributed by atoms with Crippen molar-refractivity contribution < 1.29 is 9.59 Å². The summed E-state index contributed by atoms with van der Waals surface area (Å²) in [6.07, 6.45) is 3.42. The summed E-state index contributed by atoms with van der Waals surface area (Å²) < 4.78 is 0. The molecule has 1 aromatic rings. The van der Waals surface area contributed by atoms with E-state index in [1.54, 1.807) is 13.1 Å². The standard InChI is InChI=1S/C16H24N4O2/c1-3-6-15(21)18-12-7-5-10-20(11-12)14-9-4-8-13(19-14)16(22)17-2/h4,8-9,12H,3,5-7,10-11H2,1-2H3,(H,17,22)(H,18,21). The van der Waals surface area contributed by atoms with Crippen molar-refractivity contribution in [2.75, 3.05) is 25.0 Å². The normalized spacial score (nSPS) is 17.9. The predicted molar refractivity (Wildman–Crippen MR) is 85.9 cm³/mol. The van der Waals surface area contributed by atoms with Gasteiger partial charge in [0.15, 0.2) is 0 Å². The first-order chi connectivity index (χ1) is 10.6. The van der Waals surface area contributed by atoms with Gasteiger partial charge >= 0.3 is 0 Å². The molecule has 0 radical (unpaired) electrons. The third kappa shape index (κ3) is 4.19. The molecule has 6 nitrogen and oxygen atoms in total. The summed E-state index contributed by atoms with van der Waals surface area (Å²) in [4.78, 5) is 30.0. The van der Waals surface area contributed by atoms with Crippen LogP contribution >= 0.6 is 0 Å². The van der Waals surface area contributed by atoms with E-state index in [2.05, 4.69) is 20.5 Å². The van der Waals surface area contributed by atoms with E-state index in [0.717, 1.165) is 38.2 Å². The molecule has 2 heterocycles. The Morgan fingerprint density at radius 3 is 2.95 bits per heavy atom. The minimum atomic E-state index is -0.188. The summed E-state index contributed by atoms with van der Waals surface area (Å²) in [6, 6.07) is 5.60. The third-order valence-electron chi connectivity index (χ3n) is 3.78. The van der Waals surface area contributed by atoms with Gasteiger partial charge in [-0.2, -0.15) is 0 Å². The number of amides is 2. The molecule has 1 fully saturated rings. The van der Waals surface area contributed by atoms with Crippen LogP contribution in [0.3, 0.4) is 0 Å². The molecule has 0 aromatic carbocycles. The van der Waals surface area contributed by atoms with E-state index < -0.39 is 0 Å².